The van der Waals surface area contributed by atoms with Gasteiger partial charge in [-0.2, -0.15) is 0 Å². The van der Waals surface area contributed by atoms with Gasteiger partial charge < -0.3 is 5.32 Å². The molecular formula is C14H19BrN2O3S. The minimum absolute atomic E-state index is 0.0765. The van der Waals surface area contributed by atoms with Gasteiger partial charge in [-0.05, 0) is 65.7 Å². The van der Waals surface area contributed by atoms with E-state index in [1.54, 1.807) is 6.07 Å². The van der Waals surface area contributed by atoms with E-state index in [4.69, 9.17) is 5.14 Å². The number of carbonyl (C=O) groups is 1. The molecule has 0 bridgehead atoms. The first-order valence-electron chi connectivity index (χ1n) is 6.90. The summed E-state index contributed by atoms with van der Waals surface area (Å²) in [5.74, 6) is 0.451. The van der Waals surface area contributed by atoms with Crippen molar-refractivity contribution in [2.45, 2.75) is 43.5 Å². The monoisotopic (exact) mass is 374 g/mol. The van der Waals surface area contributed by atoms with Crippen molar-refractivity contribution in [3.63, 3.8) is 0 Å². The molecule has 5 nitrogen and oxygen atoms in total. The topological polar surface area (TPSA) is 89.3 Å². The van der Waals surface area contributed by atoms with Crippen molar-refractivity contribution in [3.8, 4) is 0 Å². The first-order chi connectivity index (χ1) is 9.77. The summed E-state index contributed by atoms with van der Waals surface area (Å²) in [5, 5.41) is 8.10. The molecule has 1 aliphatic rings. The van der Waals surface area contributed by atoms with Gasteiger partial charge in [-0.15, -0.1) is 0 Å². The maximum atomic E-state index is 12.2. The fourth-order valence-electron chi connectivity index (χ4n) is 2.54. The molecule has 1 aliphatic carbocycles. The van der Waals surface area contributed by atoms with Gasteiger partial charge in [0.1, 0.15) is 0 Å². The van der Waals surface area contributed by atoms with Crippen molar-refractivity contribution in [3.05, 3.63) is 28.2 Å². The Hall–Kier alpha value is -0.920. The van der Waals surface area contributed by atoms with Crippen LogP contribution in [0.3, 0.4) is 0 Å². The molecule has 0 unspecified atom stereocenters. The first kappa shape index (κ1) is 16.5. The van der Waals surface area contributed by atoms with E-state index in [1.807, 2.05) is 0 Å². The van der Waals surface area contributed by atoms with Crippen LogP contribution in [0.25, 0.3) is 0 Å². The van der Waals surface area contributed by atoms with E-state index >= 15 is 0 Å². The lowest BCUT2D eigenvalue weighted by molar-refractivity contribution is 0.0922. The molecule has 1 aromatic carbocycles. The van der Waals surface area contributed by atoms with Gasteiger partial charge in [-0.25, -0.2) is 13.6 Å². The number of amides is 1. The number of nitrogens with one attached hydrogen (secondary N) is 1. The smallest absolute Gasteiger partial charge is 0.251 e. The van der Waals surface area contributed by atoms with Gasteiger partial charge in [-0.1, -0.05) is 6.92 Å². The lowest BCUT2D eigenvalue weighted by atomic mass is 9.87. The molecule has 1 amide bonds. The van der Waals surface area contributed by atoms with Crippen molar-refractivity contribution in [1.29, 1.82) is 0 Å². The quantitative estimate of drug-likeness (QED) is 0.850. The van der Waals surface area contributed by atoms with E-state index in [0.717, 1.165) is 25.7 Å². The van der Waals surface area contributed by atoms with Crippen molar-refractivity contribution in [2.24, 2.45) is 11.1 Å². The zero-order chi connectivity index (χ0) is 15.6. The van der Waals surface area contributed by atoms with Crippen molar-refractivity contribution in [2.75, 3.05) is 0 Å². The highest BCUT2D eigenvalue weighted by molar-refractivity contribution is 9.10. The molecule has 0 aromatic heterocycles. The lowest BCUT2D eigenvalue weighted by Gasteiger charge is -2.27. The number of hydrogen-bond donors (Lipinski definition) is 2. The second-order valence-corrected chi connectivity index (χ2v) is 8.00. The minimum atomic E-state index is -3.86. The van der Waals surface area contributed by atoms with E-state index in [1.165, 1.54) is 12.1 Å². The molecule has 1 saturated carbocycles. The zero-order valence-corrected chi connectivity index (χ0v) is 14.2. The lowest BCUT2D eigenvalue weighted by Crippen LogP contribution is -2.37. The average molecular weight is 375 g/mol. The Morgan fingerprint density at radius 2 is 1.90 bits per heavy atom. The summed E-state index contributed by atoms with van der Waals surface area (Å²) in [6.07, 6.45) is 4.14. The normalized spacial score (nSPS) is 22.8. The van der Waals surface area contributed by atoms with Gasteiger partial charge in [0.2, 0.25) is 10.0 Å². The molecule has 21 heavy (non-hydrogen) atoms. The Morgan fingerprint density at radius 3 is 2.48 bits per heavy atom. The van der Waals surface area contributed by atoms with Crippen LogP contribution >= 0.6 is 15.9 Å². The zero-order valence-electron chi connectivity index (χ0n) is 11.8. The third kappa shape index (κ3) is 4.28. The second-order valence-electron chi connectivity index (χ2n) is 5.62. The Balaban J connectivity index is 2.13. The Bertz CT molecular complexity index is 638. The maximum Gasteiger partial charge on any atom is 0.251 e. The van der Waals surface area contributed by atoms with Crippen LogP contribution < -0.4 is 10.5 Å². The third-order valence-corrected chi connectivity index (χ3v) is 5.76. The molecule has 2 rings (SSSR count). The van der Waals surface area contributed by atoms with Crippen LogP contribution in [0, 0.1) is 5.92 Å². The van der Waals surface area contributed by atoms with Gasteiger partial charge in [0, 0.05) is 16.1 Å². The van der Waals surface area contributed by atoms with Crippen molar-refractivity contribution < 1.29 is 13.2 Å². The van der Waals surface area contributed by atoms with E-state index < -0.39 is 10.0 Å². The summed E-state index contributed by atoms with van der Waals surface area (Å²) in [6.45, 7) is 2.21. The maximum absolute atomic E-state index is 12.2. The summed E-state index contributed by atoms with van der Waals surface area (Å²) in [6, 6.07) is 4.58. The molecule has 0 atom stereocenters. The Labute approximate surface area is 133 Å². The third-order valence-electron chi connectivity index (χ3n) is 3.85. The largest absolute Gasteiger partial charge is 0.349 e. The Kier molecular flexibility index (Phi) is 5.06. The molecule has 1 aromatic rings. The van der Waals surface area contributed by atoms with Crippen LogP contribution in [0.15, 0.2) is 27.6 Å². The molecule has 0 aliphatic heterocycles. The highest BCUT2D eigenvalue weighted by Gasteiger charge is 2.21. The fraction of sp³-hybridized carbons (Fsp3) is 0.500. The predicted octanol–water partition coefficient (Wildman–Crippen LogP) is 2.41. The number of nitrogens with two attached hydrogens (primary N) is 1. The molecule has 116 valence electrons. The highest BCUT2D eigenvalue weighted by Crippen LogP contribution is 2.25. The number of carbonyl (C=O) groups excluding carboxylic acids is 1. The fourth-order valence-corrected chi connectivity index (χ4v) is 4.09. The standard InChI is InChI=1S/C14H19BrN2O3S/c1-9-2-5-11(6-3-9)17-14(18)10-4-7-12(15)13(8-10)21(16,19)20/h4,7-9,11H,2-3,5-6H2,1H3,(H,17,18)(H2,16,19,20). The number of benzene rings is 1. The summed E-state index contributed by atoms with van der Waals surface area (Å²) in [5.41, 5.74) is 0.306. The molecule has 7 heteroatoms. The number of sulfonamides is 1. The second kappa shape index (κ2) is 6.46. The van der Waals surface area contributed by atoms with E-state index in [-0.39, 0.29) is 16.8 Å². The van der Waals surface area contributed by atoms with Gasteiger partial charge >= 0.3 is 0 Å². The number of rotatable bonds is 3. The van der Waals surface area contributed by atoms with E-state index in [2.05, 4.69) is 28.2 Å². The van der Waals surface area contributed by atoms with Crippen LogP contribution in [0.2, 0.25) is 0 Å². The van der Waals surface area contributed by atoms with E-state index in [0.29, 0.717) is 16.0 Å². The SMILES string of the molecule is CC1CCC(NC(=O)c2ccc(Br)c(S(N)(=O)=O)c2)CC1. The average Bonchev–Trinajstić information content (AvgIpc) is 2.40. The molecule has 3 N–H and O–H groups in total. The molecule has 1 fully saturated rings. The number of halogens is 1. The first-order valence-corrected chi connectivity index (χ1v) is 9.24. The van der Waals surface area contributed by atoms with Crippen LogP contribution in [-0.4, -0.2) is 20.4 Å². The number of hydrogen-bond acceptors (Lipinski definition) is 3. The minimum Gasteiger partial charge on any atom is -0.349 e. The Morgan fingerprint density at radius 1 is 1.29 bits per heavy atom. The van der Waals surface area contributed by atoms with Gasteiger partial charge in [0.15, 0.2) is 0 Å². The van der Waals surface area contributed by atoms with Crippen molar-refractivity contribution >= 4 is 31.9 Å². The van der Waals surface area contributed by atoms with Gasteiger partial charge in [0.25, 0.3) is 5.91 Å². The van der Waals surface area contributed by atoms with Gasteiger partial charge in [0.05, 0.1) is 4.90 Å². The highest BCUT2D eigenvalue weighted by atomic mass is 79.9. The summed E-state index contributed by atoms with van der Waals surface area (Å²) in [4.78, 5) is 12.1. The predicted molar refractivity (Wildman–Crippen MR) is 84.4 cm³/mol. The van der Waals surface area contributed by atoms with Crippen LogP contribution in [0.4, 0.5) is 0 Å². The molecule has 0 spiro atoms. The van der Waals surface area contributed by atoms with Crippen LogP contribution in [0.5, 0.6) is 0 Å². The van der Waals surface area contributed by atoms with Crippen LogP contribution in [-0.2, 0) is 10.0 Å². The molecule has 0 radical (unpaired) electrons. The summed E-state index contributed by atoms with van der Waals surface area (Å²) >= 11 is 3.13. The van der Waals surface area contributed by atoms with Crippen LogP contribution in [0.1, 0.15) is 43.0 Å². The molecular weight excluding hydrogens is 356 g/mol. The summed E-state index contributed by atoms with van der Waals surface area (Å²) in [7, 11) is -3.86. The van der Waals surface area contributed by atoms with Gasteiger partial charge in [-0.3, -0.25) is 4.79 Å². The number of primary sulfonamides is 1. The summed E-state index contributed by atoms with van der Waals surface area (Å²) < 4.78 is 23.3. The van der Waals surface area contributed by atoms with E-state index in [9.17, 15) is 13.2 Å². The molecule has 0 heterocycles. The molecule has 0 saturated heterocycles. The van der Waals surface area contributed by atoms with Crippen molar-refractivity contribution in [1.82, 2.24) is 5.32 Å².